The van der Waals surface area contributed by atoms with E-state index in [1.54, 1.807) is 0 Å². The van der Waals surface area contributed by atoms with Gasteiger partial charge in [0, 0.05) is 48.8 Å². The number of ether oxygens (including phenoxy) is 1. The summed E-state index contributed by atoms with van der Waals surface area (Å²) in [5, 5.41) is 17.1. The van der Waals surface area contributed by atoms with Crippen molar-refractivity contribution < 1.29 is 14.6 Å². The van der Waals surface area contributed by atoms with Gasteiger partial charge in [-0.25, -0.2) is 9.97 Å². The van der Waals surface area contributed by atoms with E-state index in [1.165, 1.54) is 11.8 Å². The Bertz CT molecular complexity index is 1750. The quantitative estimate of drug-likeness (QED) is 0.139. The van der Waals surface area contributed by atoms with Crippen LogP contribution in [-0.4, -0.2) is 64.9 Å². The fourth-order valence-corrected chi connectivity index (χ4v) is 5.89. The number of benzene rings is 3. The van der Waals surface area contributed by atoms with Gasteiger partial charge in [0.2, 0.25) is 0 Å². The number of nitrogens with two attached hydrogens (primary N) is 1. The number of anilines is 3. The van der Waals surface area contributed by atoms with Gasteiger partial charge in [-0.15, -0.1) is 0 Å². The maximum atomic E-state index is 12.6. The van der Waals surface area contributed by atoms with E-state index in [-0.39, 0.29) is 18.2 Å². The van der Waals surface area contributed by atoms with Gasteiger partial charge in [-0.3, -0.25) is 4.79 Å². The van der Waals surface area contributed by atoms with E-state index in [9.17, 15) is 9.90 Å². The second kappa shape index (κ2) is 13.9. The number of nitrogens with one attached hydrogen (secondary N) is 3. The SMILES string of the molecule is CCc1c(CN[C@H](CO)Cc2ccccc2)cccc1Nc1c(C(N)=O)cnc2nc(-c3ccc(N4CCOCC4)cc3)[nH]c12. The first-order chi connectivity index (χ1) is 22.0. The van der Waals surface area contributed by atoms with E-state index in [1.807, 2.05) is 42.5 Å². The Morgan fingerprint density at radius 2 is 1.84 bits per heavy atom. The number of H-pyrrole nitrogens is 1. The van der Waals surface area contributed by atoms with Crippen LogP contribution in [0.1, 0.15) is 34.0 Å². The Morgan fingerprint density at radius 3 is 2.56 bits per heavy atom. The first-order valence-corrected chi connectivity index (χ1v) is 15.4. The lowest BCUT2D eigenvalue weighted by Gasteiger charge is -2.28. The highest BCUT2D eigenvalue weighted by Gasteiger charge is 2.20. The Labute approximate surface area is 262 Å². The van der Waals surface area contributed by atoms with Gasteiger partial charge < -0.3 is 36.1 Å². The first-order valence-electron chi connectivity index (χ1n) is 15.4. The lowest BCUT2D eigenvalue weighted by Crippen LogP contribution is -2.36. The molecule has 10 heteroatoms. The van der Waals surface area contributed by atoms with Gasteiger partial charge in [0.05, 0.1) is 31.1 Å². The van der Waals surface area contributed by atoms with Gasteiger partial charge in [0.1, 0.15) is 11.3 Å². The Balaban J connectivity index is 1.27. The molecule has 3 aromatic carbocycles. The molecule has 0 unspecified atom stereocenters. The topological polar surface area (TPSA) is 141 Å². The number of aromatic amines is 1. The number of morpholine rings is 1. The van der Waals surface area contributed by atoms with E-state index in [0.29, 0.717) is 29.2 Å². The molecule has 6 rings (SSSR count). The van der Waals surface area contributed by atoms with Crippen LogP contribution in [0.5, 0.6) is 0 Å². The van der Waals surface area contributed by atoms with Gasteiger partial charge in [0.15, 0.2) is 5.65 Å². The van der Waals surface area contributed by atoms with E-state index in [0.717, 1.165) is 67.2 Å². The molecule has 1 aliphatic heterocycles. The number of rotatable bonds is 12. The average molecular weight is 606 g/mol. The zero-order chi connectivity index (χ0) is 31.2. The van der Waals surface area contributed by atoms with Crippen LogP contribution in [0.2, 0.25) is 0 Å². The molecule has 0 saturated carbocycles. The number of aliphatic hydroxyl groups is 1. The first kappa shape index (κ1) is 30.3. The lowest BCUT2D eigenvalue weighted by atomic mass is 10.0. The molecule has 1 fully saturated rings. The summed E-state index contributed by atoms with van der Waals surface area (Å²) in [6, 6.07) is 24.4. The molecule has 3 heterocycles. The van der Waals surface area contributed by atoms with Gasteiger partial charge in [-0.1, -0.05) is 49.4 Å². The molecule has 10 nitrogen and oxygen atoms in total. The number of fused-ring (bicyclic) bond motifs is 1. The molecule has 0 aliphatic carbocycles. The smallest absolute Gasteiger partial charge is 0.252 e. The second-order valence-electron chi connectivity index (χ2n) is 11.2. The normalized spacial score (nSPS) is 14.0. The van der Waals surface area contributed by atoms with Crippen molar-refractivity contribution in [2.45, 2.75) is 32.4 Å². The lowest BCUT2D eigenvalue weighted by molar-refractivity contribution is 0.100. The Kier molecular flexibility index (Phi) is 9.35. The monoisotopic (exact) mass is 605 g/mol. The zero-order valence-corrected chi connectivity index (χ0v) is 25.4. The maximum absolute atomic E-state index is 12.6. The van der Waals surface area contributed by atoms with Crippen LogP contribution in [0.3, 0.4) is 0 Å². The van der Waals surface area contributed by atoms with Crippen LogP contribution >= 0.6 is 0 Å². The standard InChI is InChI=1S/C35H39N7O3/c1-2-28-25(20-37-26(22-43)19-23-7-4-3-5-8-23)9-6-10-30(28)39-31-29(33(36)44)21-38-35-32(31)40-34(41-35)24-11-13-27(14-12-24)42-15-17-45-18-16-42/h3-14,21,26,37,43H,2,15-20,22H2,1H3,(H2,36,44)(H2,38,39,40,41)/t26-/m0/s1. The summed E-state index contributed by atoms with van der Waals surface area (Å²) in [5.41, 5.74) is 14.0. The highest BCUT2D eigenvalue weighted by atomic mass is 16.5. The van der Waals surface area contributed by atoms with E-state index >= 15 is 0 Å². The summed E-state index contributed by atoms with van der Waals surface area (Å²) in [4.78, 5) is 27.5. The fourth-order valence-electron chi connectivity index (χ4n) is 5.89. The number of primary amides is 1. The van der Waals surface area contributed by atoms with Crippen LogP contribution in [-0.2, 0) is 24.1 Å². The number of aliphatic hydroxyl groups excluding tert-OH is 1. The minimum Gasteiger partial charge on any atom is -0.395 e. The van der Waals surface area contributed by atoms with Gasteiger partial charge in [-0.05, 0) is 59.9 Å². The van der Waals surface area contributed by atoms with Crippen LogP contribution in [0.25, 0.3) is 22.6 Å². The highest BCUT2D eigenvalue weighted by molar-refractivity contribution is 6.06. The van der Waals surface area contributed by atoms with Crippen molar-refractivity contribution in [3.8, 4) is 11.4 Å². The summed E-state index contributed by atoms with van der Waals surface area (Å²) >= 11 is 0. The number of carbonyl (C=O) groups is 1. The molecular weight excluding hydrogens is 566 g/mol. The molecule has 0 bridgehead atoms. The number of hydrogen-bond acceptors (Lipinski definition) is 8. The fraction of sp³-hybridized carbons (Fsp3) is 0.286. The molecule has 0 spiro atoms. The second-order valence-corrected chi connectivity index (χ2v) is 11.2. The zero-order valence-electron chi connectivity index (χ0n) is 25.4. The molecule has 1 atom stereocenters. The number of carbonyl (C=O) groups excluding carboxylic acids is 1. The van der Waals surface area contributed by atoms with Crippen molar-refractivity contribution in [2.75, 3.05) is 43.1 Å². The number of pyridine rings is 1. The highest BCUT2D eigenvalue weighted by Crippen LogP contribution is 2.33. The van der Waals surface area contributed by atoms with Gasteiger partial charge in [0.25, 0.3) is 5.91 Å². The number of nitrogens with zero attached hydrogens (tertiary/aromatic N) is 3. The molecule has 232 valence electrons. The van der Waals surface area contributed by atoms with Crippen LogP contribution in [0.4, 0.5) is 17.1 Å². The summed E-state index contributed by atoms with van der Waals surface area (Å²) < 4.78 is 5.48. The van der Waals surface area contributed by atoms with Crippen molar-refractivity contribution in [3.05, 3.63) is 101 Å². The van der Waals surface area contributed by atoms with E-state index in [4.69, 9.17) is 15.5 Å². The predicted octanol–water partition coefficient (Wildman–Crippen LogP) is 4.56. The van der Waals surface area contributed by atoms with Crippen molar-refractivity contribution in [2.24, 2.45) is 5.73 Å². The third-order valence-corrected chi connectivity index (χ3v) is 8.32. The van der Waals surface area contributed by atoms with E-state index < -0.39 is 5.91 Å². The molecule has 1 aliphatic rings. The summed E-state index contributed by atoms with van der Waals surface area (Å²) in [7, 11) is 0. The molecule has 2 aromatic heterocycles. The summed E-state index contributed by atoms with van der Waals surface area (Å²) in [6.45, 7) is 5.90. The number of hydrogen-bond donors (Lipinski definition) is 5. The average Bonchev–Trinajstić information content (AvgIpc) is 3.53. The molecule has 5 aromatic rings. The largest absolute Gasteiger partial charge is 0.395 e. The van der Waals surface area contributed by atoms with Gasteiger partial charge >= 0.3 is 0 Å². The number of imidazole rings is 1. The summed E-state index contributed by atoms with van der Waals surface area (Å²) in [5.74, 6) is 0.0679. The van der Waals surface area contributed by atoms with Crippen molar-refractivity contribution in [1.82, 2.24) is 20.3 Å². The van der Waals surface area contributed by atoms with Crippen molar-refractivity contribution in [3.63, 3.8) is 0 Å². The molecular formula is C35H39N7O3. The van der Waals surface area contributed by atoms with E-state index in [2.05, 4.69) is 62.8 Å². The third kappa shape index (κ3) is 6.83. The minimum atomic E-state index is -0.583. The number of amides is 1. The van der Waals surface area contributed by atoms with Crippen LogP contribution in [0, 0.1) is 0 Å². The molecule has 1 amide bonds. The molecule has 1 saturated heterocycles. The molecule has 6 N–H and O–H groups in total. The van der Waals surface area contributed by atoms with Crippen LogP contribution < -0.4 is 21.3 Å². The maximum Gasteiger partial charge on any atom is 0.252 e. The van der Waals surface area contributed by atoms with Gasteiger partial charge in [-0.2, -0.15) is 0 Å². The van der Waals surface area contributed by atoms with Crippen molar-refractivity contribution in [1.29, 1.82) is 0 Å². The van der Waals surface area contributed by atoms with Crippen LogP contribution in [0.15, 0.2) is 79.0 Å². The third-order valence-electron chi connectivity index (χ3n) is 8.32. The minimum absolute atomic E-state index is 0.0311. The van der Waals surface area contributed by atoms with Crippen molar-refractivity contribution >= 4 is 34.1 Å². The molecule has 0 radical (unpaired) electrons. The Hall–Kier alpha value is -4.77. The summed E-state index contributed by atoms with van der Waals surface area (Å²) in [6.07, 6.45) is 2.96. The number of aromatic nitrogens is 3. The Morgan fingerprint density at radius 1 is 1.07 bits per heavy atom. The molecule has 45 heavy (non-hydrogen) atoms. The predicted molar refractivity (Wildman–Crippen MR) is 178 cm³/mol.